The summed E-state index contributed by atoms with van der Waals surface area (Å²) in [5.74, 6) is -0.630. The van der Waals surface area contributed by atoms with Gasteiger partial charge in [-0.05, 0) is 37.3 Å². The normalized spacial score (nSPS) is 12.8. The zero-order valence-corrected chi connectivity index (χ0v) is 14.9. The van der Waals surface area contributed by atoms with E-state index in [-0.39, 0.29) is 29.1 Å². The van der Waals surface area contributed by atoms with E-state index in [2.05, 4.69) is 10.2 Å². The van der Waals surface area contributed by atoms with Crippen LogP contribution in [0.25, 0.3) is 5.69 Å². The van der Waals surface area contributed by atoms with Crippen LogP contribution >= 0.6 is 0 Å². The third kappa shape index (κ3) is 3.75. The molecule has 0 aliphatic carbocycles. The van der Waals surface area contributed by atoms with Crippen molar-refractivity contribution in [2.75, 3.05) is 0 Å². The third-order valence-corrected chi connectivity index (χ3v) is 4.19. The minimum Gasteiger partial charge on any atom is -0.389 e. The molecule has 2 aromatic heterocycles. The van der Waals surface area contributed by atoms with Crippen LogP contribution in [-0.4, -0.2) is 24.7 Å². The summed E-state index contributed by atoms with van der Waals surface area (Å²) in [6.45, 7) is 1.38. The summed E-state index contributed by atoms with van der Waals surface area (Å²) in [7, 11) is 1.57. The van der Waals surface area contributed by atoms with Crippen molar-refractivity contribution in [3.8, 4) is 11.8 Å². The van der Waals surface area contributed by atoms with Crippen LogP contribution in [0.5, 0.6) is 0 Å². The fourth-order valence-corrected chi connectivity index (χ4v) is 2.86. The fourth-order valence-electron chi connectivity index (χ4n) is 2.86. The standard InChI is InChI=1S/C18H15F4N5O/c1-10(28)15-5-11(19)3-4-16(15)27-14(8-17(25-27)18(20,21)22)7-13-6-12(9-23)24-26(13)2/h3-6,8,10,28H,7H2,1-2H3/t10-/m1/s1. The molecule has 0 saturated carbocycles. The Morgan fingerprint density at radius 2 is 1.89 bits per heavy atom. The highest BCUT2D eigenvalue weighted by molar-refractivity contribution is 5.44. The summed E-state index contributed by atoms with van der Waals surface area (Å²) in [5, 5.41) is 26.5. The molecule has 0 aliphatic heterocycles. The lowest BCUT2D eigenvalue weighted by atomic mass is 10.1. The molecule has 0 saturated heterocycles. The topological polar surface area (TPSA) is 79.7 Å². The lowest BCUT2D eigenvalue weighted by molar-refractivity contribution is -0.141. The molecule has 1 atom stereocenters. The molecule has 0 fully saturated rings. The molecule has 0 radical (unpaired) electrons. The Hall–Kier alpha value is -3.19. The number of nitrogens with zero attached hydrogens (tertiary/aromatic N) is 5. The van der Waals surface area contributed by atoms with E-state index in [4.69, 9.17) is 5.26 Å². The number of hydrogen-bond donors (Lipinski definition) is 1. The van der Waals surface area contributed by atoms with Gasteiger partial charge in [0.25, 0.3) is 0 Å². The summed E-state index contributed by atoms with van der Waals surface area (Å²) >= 11 is 0. The van der Waals surface area contributed by atoms with Gasteiger partial charge in [0.1, 0.15) is 11.9 Å². The zero-order valence-electron chi connectivity index (χ0n) is 14.9. The van der Waals surface area contributed by atoms with E-state index in [1.165, 1.54) is 23.7 Å². The number of aliphatic hydroxyl groups excluding tert-OH is 1. The Balaban J connectivity index is 2.17. The summed E-state index contributed by atoms with van der Waals surface area (Å²) in [5.41, 5.74) is -0.122. The second-order valence-corrected chi connectivity index (χ2v) is 6.24. The van der Waals surface area contributed by atoms with Crippen LogP contribution in [0.2, 0.25) is 0 Å². The predicted molar refractivity (Wildman–Crippen MR) is 89.9 cm³/mol. The number of hydrogen-bond acceptors (Lipinski definition) is 4. The van der Waals surface area contributed by atoms with Gasteiger partial charge < -0.3 is 5.11 Å². The van der Waals surface area contributed by atoms with Crippen molar-refractivity contribution in [2.24, 2.45) is 7.05 Å². The van der Waals surface area contributed by atoms with Crippen LogP contribution < -0.4 is 0 Å². The Labute approximate surface area is 157 Å². The van der Waals surface area contributed by atoms with Gasteiger partial charge in [-0.1, -0.05) is 0 Å². The summed E-state index contributed by atoms with van der Waals surface area (Å²) in [4.78, 5) is 0. The number of nitriles is 1. The number of aryl methyl sites for hydroxylation is 1. The van der Waals surface area contributed by atoms with Crippen LogP contribution in [0.3, 0.4) is 0 Å². The first-order valence-corrected chi connectivity index (χ1v) is 8.17. The van der Waals surface area contributed by atoms with E-state index >= 15 is 0 Å². The molecule has 0 unspecified atom stereocenters. The van der Waals surface area contributed by atoms with Crippen LogP contribution in [0.4, 0.5) is 17.6 Å². The molecular formula is C18H15F4N5O. The molecule has 0 aliphatic rings. The van der Waals surface area contributed by atoms with Crippen molar-refractivity contribution in [1.29, 1.82) is 5.26 Å². The van der Waals surface area contributed by atoms with Gasteiger partial charge in [0, 0.05) is 24.7 Å². The predicted octanol–water partition coefficient (Wildman–Crippen LogP) is 3.28. The smallest absolute Gasteiger partial charge is 0.389 e. The molecule has 1 aromatic carbocycles. The Bertz CT molecular complexity index is 1060. The molecule has 0 bridgehead atoms. The van der Waals surface area contributed by atoms with Crippen molar-refractivity contribution in [1.82, 2.24) is 19.6 Å². The number of aromatic nitrogens is 4. The van der Waals surface area contributed by atoms with Gasteiger partial charge in [-0.15, -0.1) is 0 Å². The first-order valence-electron chi connectivity index (χ1n) is 8.17. The first-order chi connectivity index (χ1) is 13.1. The maximum Gasteiger partial charge on any atom is 0.435 e. The van der Waals surface area contributed by atoms with E-state index in [0.29, 0.717) is 5.69 Å². The maximum atomic E-state index is 13.6. The average Bonchev–Trinajstić information content (AvgIpc) is 3.19. The molecule has 1 N–H and O–H groups in total. The summed E-state index contributed by atoms with van der Waals surface area (Å²) in [6.07, 6.45) is -5.82. The summed E-state index contributed by atoms with van der Waals surface area (Å²) < 4.78 is 55.8. The van der Waals surface area contributed by atoms with Gasteiger partial charge in [-0.2, -0.15) is 28.6 Å². The quantitative estimate of drug-likeness (QED) is 0.690. The highest BCUT2D eigenvalue weighted by Gasteiger charge is 2.35. The minimum absolute atomic E-state index is 0.00904. The Morgan fingerprint density at radius 1 is 1.18 bits per heavy atom. The second-order valence-electron chi connectivity index (χ2n) is 6.24. The SMILES string of the molecule is C[C@@H](O)c1cc(F)ccc1-n1nc(C(F)(F)F)cc1Cc1cc(C#N)nn1C. The maximum absolute atomic E-state index is 13.6. The number of benzene rings is 1. The van der Waals surface area contributed by atoms with Crippen molar-refractivity contribution in [3.05, 3.63) is 64.5 Å². The fraction of sp³-hybridized carbons (Fsp3) is 0.278. The lowest BCUT2D eigenvalue weighted by Crippen LogP contribution is -2.11. The van der Waals surface area contributed by atoms with Crippen LogP contribution in [-0.2, 0) is 19.6 Å². The molecule has 0 amide bonds. The first kappa shape index (κ1) is 19.6. The molecule has 0 spiro atoms. The minimum atomic E-state index is -4.69. The van der Waals surface area contributed by atoms with Gasteiger partial charge in [0.15, 0.2) is 11.4 Å². The number of aliphatic hydroxyl groups is 1. The van der Waals surface area contributed by atoms with Crippen molar-refractivity contribution >= 4 is 0 Å². The molecule has 10 heteroatoms. The molecule has 146 valence electrons. The molecule has 3 aromatic rings. The highest BCUT2D eigenvalue weighted by atomic mass is 19.4. The largest absolute Gasteiger partial charge is 0.435 e. The van der Waals surface area contributed by atoms with Crippen LogP contribution in [0.15, 0.2) is 30.3 Å². The Kier molecular flexibility index (Phi) is 4.95. The van der Waals surface area contributed by atoms with Crippen LogP contribution in [0.1, 0.15) is 41.4 Å². The van der Waals surface area contributed by atoms with Crippen molar-refractivity contribution in [3.63, 3.8) is 0 Å². The molecule has 28 heavy (non-hydrogen) atoms. The number of rotatable bonds is 4. The summed E-state index contributed by atoms with van der Waals surface area (Å²) in [6, 6.07) is 7.61. The highest BCUT2D eigenvalue weighted by Crippen LogP contribution is 2.32. The molecular weight excluding hydrogens is 378 g/mol. The Morgan fingerprint density at radius 3 is 2.46 bits per heavy atom. The van der Waals surface area contributed by atoms with Gasteiger partial charge in [-0.25, -0.2) is 9.07 Å². The third-order valence-electron chi connectivity index (χ3n) is 4.19. The van der Waals surface area contributed by atoms with Crippen LogP contribution in [0, 0.1) is 17.1 Å². The second kappa shape index (κ2) is 7.09. The van der Waals surface area contributed by atoms with E-state index in [9.17, 15) is 22.7 Å². The number of alkyl halides is 3. The monoisotopic (exact) mass is 393 g/mol. The van der Waals surface area contributed by atoms with E-state index in [1.807, 2.05) is 6.07 Å². The lowest BCUT2D eigenvalue weighted by Gasteiger charge is -2.15. The zero-order chi connectivity index (χ0) is 20.6. The molecule has 6 nitrogen and oxygen atoms in total. The number of halogens is 4. The van der Waals surface area contributed by atoms with Gasteiger partial charge in [0.05, 0.1) is 17.5 Å². The van der Waals surface area contributed by atoms with E-state index in [1.54, 1.807) is 7.05 Å². The molecule has 2 heterocycles. The van der Waals surface area contributed by atoms with Gasteiger partial charge in [-0.3, -0.25) is 4.68 Å². The molecule has 3 rings (SSSR count). The van der Waals surface area contributed by atoms with E-state index in [0.717, 1.165) is 22.9 Å². The van der Waals surface area contributed by atoms with Gasteiger partial charge in [0.2, 0.25) is 0 Å². The van der Waals surface area contributed by atoms with E-state index < -0.39 is 23.8 Å². The van der Waals surface area contributed by atoms with Gasteiger partial charge >= 0.3 is 6.18 Å². The average molecular weight is 393 g/mol. The van der Waals surface area contributed by atoms with Crippen molar-refractivity contribution in [2.45, 2.75) is 25.6 Å². The van der Waals surface area contributed by atoms with Crippen molar-refractivity contribution < 1.29 is 22.7 Å².